The van der Waals surface area contributed by atoms with E-state index in [0.717, 1.165) is 11.3 Å². The average molecular weight is 423 g/mol. The van der Waals surface area contributed by atoms with Crippen LogP contribution in [-0.2, 0) is 0 Å². The number of rotatable bonds is 5. The molecule has 1 N–H and O–H groups in total. The highest BCUT2D eigenvalue weighted by Crippen LogP contribution is 2.30. The normalized spacial score (nSPS) is 10.7. The molecule has 5 nitrogen and oxygen atoms in total. The van der Waals surface area contributed by atoms with Crippen LogP contribution in [0.5, 0.6) is 0 Å². The second-order valence-corrected chi connectivity index (χ2v) is 7.71. The molecule has 3 aromatic rings. The van der Waals surface area contributed by atoms with Gasteiger partial charge in [-0.05, 0) is 64.4 Å². The van der Waals surface area contributed by atoms with Crippen molar-refractivity contribution in [1.82, 2.24) is 4.57 Å². The van der Waals surface area contributed by atoms with Crippen LogP contribution in [0.3, 0.4) is 0 Å². The number of halogens is 1. The van der Waals surface area contributed by atoms with Crippen LogP contribution in [0.2, 0.25) is 5.02 Å². The number of aryl methyl sites for hydroxylation is 1. The first-order chi connectivity index (χ1) is 14.1. The first kappa shape index (κ1) is 21.5. The maximum absolute atomic E-state index is 12.7. The molecule has 0 aliphatic rings. The molecule has 0 unspecified atom stereocenters. The molecule has 6 heteroatoms. The second kappa shape index (κ2) is 8.28. The summed E-state index contributed by atoms with van der Waals surface area (Å²) < 4.78 is 1.87. The fourth-order valence-corrected chi connectivity index (χ4v) is 4.03. The number of hydrogen-bond acceptors (Lipinski definition) is 3. The lowest BCUT2D eigenvalue weighted by molar-refractivity contribution is 0.0981. The first-order valence-corrected chi connectivity index (χ1v) is 9.92. The summed E-state index contributed by atoms with van der Waals surface area (Å²) in [7, 11) is 0. The minimum atomic E-state index is -0.310. The molecular weight excluding hydrogens is 400 g/mol. The number of nitrogens with one attached hydrogen (secondary N) is 1. The van der Waals surface area contributed by atoms with E-state index in [4.69, 9.17) is 11.6 Å². The Kier molecular flexibility index (Phi) is 5.94. The van der Waals surface area contributed by atoms with E-state index in [-0.39, 0.29) is 17.5 Å². The zero-order valence-corrected chi connectivity index (χ0v) is 18.3. The summed E-state index contributed by atoms with van der Waals surface area (Å²) in [5, 5.41) is 3.29. The molecule has 1 amide bonds. The monoisotopic (exact) mass is 422 g/mol. The van der Waals surface area contributed by atoms with Crippen molar-refractivity contribution in [3.05, 3.63) is 81.1 Å². The average Bonchev–Trinajstić information content (AvgIpc) is 2.94. The molecule has 0 saturated heterocycles. The van der Waals surface area contributed by atoms with Crippen LogP contribution in [0.1, 0.15) is 61.9 Å². The molecule has 1 heterocycles. The standard InChI is InChI=1S/C24H23ClN2O3/c1-13-10-11-18(12-21(13)26-24(30)19-8-6-7-9-20(19)25)27-14(2)22(16(4)28)23(15(27)3)17(5)29/h6-12H,1-5H3,(H,26,30). The van der Waals surface area contributed by atoms with Crippen molar-refractivity contribution in [2.24, 2.45) is 0 Å². The van der Waals surface area contributed by atoms with Gasteiger partial charge in [-0.15, -0.1) is 0 Å². The van der Waals surface area contributed by atoms with Gasteiger partial charge in [0.1, 0.15) is 0 Å². The van der Waals surface area contributed by atoms with Gasteiger partial charge in [0.05, 0.1) is 10.6 Å². The third-order valence-corrected chi connectivity index (χ3v) is 5.52. The highest BCUT2D eigenvalue weighted by Gasteiger charge is 2.24. The molecule has 2 aromatic carbocycles. The summed E-state index contributed by atoms with van der Waals surface area (Å²) in [6.07, 6.45) is 0. The number of carbonyl (C=O) groups excluding carboxylic acids is 3. The highest BCUT2D eigenvalue weighted by molar-refractivity contribution is 6.34. The molecule has 0 aliphatic heterocycles. The van der Waals surface area contributed by atoms with E-state index in [1.54, 1.807) is 24.3 Å². The highest BCUT2D eigenvalue weighted by atomic mass is 35.5. The molecule has 1 aromatic heterocycles. The van der Waals surface area contributed by atoms with Gasteiger partial charge in [-0.2, -0.15) is 0 Å². The van der Waals surface area contributed by atoms with E-state index in [1.165, 1.54) is 13.8 Å². The molecule has 0 atom stereocenters. The summed E-state index contributed by atoms with van der Waals surface area (Å²) in [6, 6.07) is 12.5. The molecule has 0 saturated carbocycles. The summed E-state index contributed by atoms with van der Waals surface area (Å²) in [4.78, 5) is 37.1. The maximum Gasteiger partial charge on any atom is 0.257 e. The molecule has 0 radical (unpaired) electrons. The van der Waals surface area contributed by atoms with Crippen LogP contribution < -0.4 is 5.32 Å². The number of Topliss-reactive ketones (excluding diaryl/α,β-unsaturated/α-hetero) is 2. The Morgan fingerprint density at radius 2 is 1.43 bits per heavy atom. The van der Waals surface area contributed by atoms with Gasteiger partial charge in [0, 0.05) is 33.9 Å². The number of hydrogen-bond donors (Lipinski definition) is 1. The quantitative estimate of drug-likeness (QED) is 0.535. The topological polar surface area (TPSA) is 68.2 Å². The molecule has 154 valence electrons. The van der Waals surface area contributed by atoms with Gasteiger partial charge in [-0.1, -0.05) is 29.8 Å². The minimum Gasteiger partial charge on any atom is -0.322 e. The zero-order valence-electron chi connectivity index (χ0n) is 17.6. The van der Waals surface area contributed by atoms with E-state index in [0.29, 0.717) is 38.8 Å². The molecule has 30 heavy (non-hydrogen) atoms. The van der Waals surface area contributed by atoms with Crippen LogP contribution in [0, 0.1) is 20.8 Å². The van der Waals surface area contributed by atoms with E-state index in [1.807, 2.05) is 43.5 Å². The zero-order chi connectivity index (χ0) is 22.2. The van der Waals surface area contributed by atoms with Crippen LogP contribution in [0.4, 0.5) is 5.69 Å². The van der Waals surface area contributed by atoms with Gasteiger partial charge in [-0.25, -0.2) is 0 Å². The molecule has 3 rings (SSSR count). The molecule has 0 spiro atoms. The number of nitrogens with zero attached hydrogens (tertiary/aromatic N) is 1. The summed E-state index contributed by atoms with van der Waals surface area (Å²) in [5.41, 5.74) is 4.88. The predicted molar refractivity (Wildman–Crippen MR) is 119 cm³/mol. The largest absolute Gasteiger partial charge is 0.322 e. The van der Waals surface area contributed by atoms with Gasteiger partial charge in [0.15, 0.2) is 11.6 Å². The number of aromatic nitrogens is 1. The third kappa shape index (κ3) is 3.81. The van der Waals surface area contributed by atoms with Crippen molar-refractivity contribution in [2.75, 3.05) is 5.32 Å². The fourth-order valence-electron chi connectivity index (χ4n) is 3.80. The smallest absolute Gasteiger partial charge is 0.257 e. The summed E-state index contributed by atoms with van der Waals surface area (Å²) in [6.45, 7) is 8.45. The van der Waals surface area contributed by atoms with E-state index >= 15 is 0 Å². The Hall–Kier alpha value is -3.18. The van der Waals surface area contributed by atoms with Gasteiger partial charge < -0.3 is 9.88 Å². The molecular formula is C24H23ClN2O3. The fraction of sp³-hybridized carbons (Fsp3) is 0.208. The first-order valence-electron chi connectivity index (χ1n) is 9.54. The van der Waals surface area contributed by atoms with E-state index in [2.05, 4.69) is 5.32 Å². The number of benzene rings is 2. The van der Waals surface area contributed by atoms with E-state index < -0.39 is 0 Å². The van der Waals surface area contributed by atoms with Crippen molar-refractivity contribution in [1.29, 1.82) is 0 Å². The minimum absolute atomic E-state index is 0.154. The molecule has 0 aliphatic carbocycles. The van der Waals surface area contributed by atoms with Gasteiger partial charge in [0.25, 0.3) is 5.91 Å². The van der Waals surface area contributed by atoms with Gasteiger partial charge in [-0.3, -0.25) is 14.4 Å². The predicted octanol–water partition coefficient (Wildman–Crippen LogP) is 5.71. The Labute approximate surface area is 180 Å². The number of carbonyl (C=O) groups is 3. The summed E-state index contributed by atoms with van der Waals surface area (Å²) >= 11 is 6.14. The van der Waals surface area contributed by atoms with Crippen molar-refractivity contribution in [3.63, 3.8) is 0 Å². The van der Waals surface area contributed by atoms with Crippen molar-refractivity contribution in [3.8, 4) is 5.69 Å². The van der Waals surface area contributed by atoms with Crippen molar-refractivity contribution < 1.29 is 14.4 Å². The van der Waals surface area contributed by atoms with Crippen molar-refractivity contribution >= 4 is 34.8 Å². The Morgan fingerprint density at radius 3 is 1.97 bits per heavy atom. The molecule has 0 fully saturated rings. The molecule has 0 bridgehead atoms. The lowest BCUT2D eigenvalue weighted by atomic mass is 10.0. The Balaban J connectivity index is 2.09. The Bertz CT molecular complexity index is 1150. The number of anilines is 1. The maximum atomic E-state index is 12.7. The van der Waals surface area contributed by atoms with Crippen LogP contribution in [0.25, 0.3) is 5.69 Å². The lowest BCUT2D eigenvalue weighted by Crippen LogP contribution is -2.14. The number of ketones is 2. The summed E-state index contributed by atoms with van der Waals surface area (Å²) in [5.74, 6) is -0.617. The van der Waals surface area contributed by atoms with Gasteiger partial charge >= 0.3 is 0 Å². The van der Waals surface area contributed by atoms with Gasteiger partial charge in [0.2, 0.25) is 0 Å². The van der Waals surface area contributed by atoms with E-state index in [9.17, 15) is 14.4 Å². The van der Waals surface area contributed by atoms with Crippen LogP contribution in [0.15, 0.2) is 42.5 Å². The lowest BCUT2D eigenvalue weighted by Gasteiger charge is -2.15. The Morgan fingerprint density at radius 1 is 0.867 bits per heavy atom. The van der Waals surface area contributed by atoms with Crippen LogP contribution >= 0.6 is 11.6 Å². The third-order valence-electron chi connectivity index (χ3n) is 5.19. The SMILES string of the molecule is CC(=O)c1c(C(C)=O)c(C)n(-c2ccc(C)c(NC(=O)c3ccccc3Cl)c2)c1C. The van der Waals surface area contributed by atoms with Crippen LogP contribution in [-0.4, -0.2) is 22.0 Å². The van der Waals surface area contributed by atoms with Crippen molar-refractivity contribution in [2.45, 2.75) is 34.6 Å². The second-order valence-electron chi connectivity index (χ2n) is 7.30. The number of amides is 1.